The third kappa shape index (κ3) is 5.26. The number of nitrogens with zero attached hydrogens (tertiary/aromatic N) is 1. The average molecular weight is 250 g/mol. The van der Waals surface area contributed by atoms with E-state index in [1.165, 1.54) is 31.2 Å². The lowest BCUT2D eigenvalue weighted by molar-refractivity contribution is 0.489. The molecule has 1 rings (SSSR count). The molecule has 0 saturated carbocycles. The topological polar surface area (TPSA) is 17.0 Å². The van der Waals surface area contributed by atoms with Crippen LogP contribution in [0.15, 0.2) is 18.5 Å². The number of hydrogen-bond acceptors (Lipinski definition) is 1. The van der Waals surface area contributed by atoms with Gasteiger partial charge < -0.3 is 9.88 Å². The lowest BCUT2D eigenvalue weighted by atomic mass is 10.1. The Kier molecular flexibility index (Phi) is 7.11. The quantitative estimate of drug-likeness (QED) is 0.688. The van der Waals surface area contributed by atoms with E-state index in [0.717, 1.165) is 19.0 Å². The highest BCUT2D eigenvalue weighted by atomic mass is 15.0. The van der Waals surface area contributed by atoms with Gasteiger partial charge >= 0.3 is 0 Å². The van der Waals surface area contributed by atoms with Gasteiger partial charge in [-0.15, -0.1) is 0 Å². The summed E-state index contributed by atoms with van der Waals surface area (Å²) in [4.78, 5) is 0. The summed E-state index contributed by atoms with van der Waals surface area (Å²) in [5.41, 5.74) is 1.45. The third-order valence-electron chi connectivity index (χ3n) is 3.36. The van der Waals surface area contributed by atoms with Gasteiger partial charge in [0.2, 0.25) is 0 Å². The van der Waals surface area contributed by atoms with Crippen LogP contribution in [0.2, 0.25) is 0 Å². The average Bonchev–Trinajstić information content (AvgIpc) is 2.80. The predicted octanol–water partition coefficient (Wildman–Crippen LogP) is 4.38. The van der Waals surface area contributed by atoms with Crippen molar-refractivity contribution in [3.05, 3.63) is 24.0 Å². The fourth-order valence-corrected chi connectivity index (χ4v) is 2.21. The van der Waals surface area contributed by atoms with E-state index in [1.54, 1.807) is 0 Å². The van der Waals surface area contributed by atoms with Crippen molar-refractivity contribution in [1.82, 2.24) is 9.88 Å². The first kappa shape index (κ1) is 15.3. The first-order valence-electron chi connectivity index (χ1n) is 7.56. The van der Waals surface area contributed by atoms with Crippen LogP contribution in [0.25, 0.3) is 0 Å². The largest absolute Gasteiger partial charge is 0.354 e. The number of aromatic nitrogens is 1. The maximum Gasteiger partial charge on any atom is 0.0335 e. The highest BCUT2D eigenvalue weighted by molar-refractivity contribution is 5.15. The molecule has 0 fully saturated rings. The standard InChI is InChI=1S/C16H30N2/c1-5-7-16(17-10-6-2)15-9-12-18(13-15)11-8-14(3)4/h9,12-14,16-17H,5-8,10-11H2,1-4H3. The summed E-state index contributed by atoms with van der Waals surface area (Å²) >= 11 is 0. The van der Waals surface area contributed by atoms with Crippen molar-refractivity contribution < 1.29 is 0 Å². The van der Waals surface area contributed by atoms with Gasteiger partial charge in [0, 0.05) is 25.0 Å². The summed E-state index contributed by atoms with van der Waals surface area (Å²) in [7, 11) is 0. The summed E-state index contributed by atoms with van der Waals surface area (Å²) in [5.74, 6) is 0.778. The van der Waals surface area contributed by atoms with Gasteiger partial charge in [0.1, 0.15) is 0 Å². The molecular weight excluding hydrogens is 220 g/mol. The first-order chi connectivity index (χ1) is 8.67. The Morgan fingerprint density at radius 3 is 2.56 bits per heavy atom. The zero-order valence-corrected chi connectivity index (χ0v) is 12.6. The van der Waals surface area contributed by atoms with Crippen LogP contribution in [-0.4, -0.2) is 11.1 Å². The third-order valence-corrected chi connectivity index (χ3v) is 3.36. The lowest BCUT2D eigenvalue weighted by Gasteiger charge is -2.16. The molecular formula is C16H30N2. The zero-order chi connectivity index (χ0) is 13.4. The van der Waals surface area contributed by atoms with Crippen LogP contribution < -0.4 is 5.32 Å². The molecule has 1 N–H and O–H groups in total. The van der Waals surface area contributed by atoms with Gasteiger partial charge in [-0.3, -0.25) is 0 Å². The maximum atomic E-state index is 3.65. The number of rotatable bonds is 9. The zero-order valence-electron chi connectivity index (χ0n) is 12.6. The molecule has 0 radical (unpaired) electrons. The second kappa shape index (κ2) is 8.36. The Morgan fingerprint density at radius 2 is 1.94 bits per heavy atom. The van der Waals surface area contributed by atoms with Gasteiger partial charge in [0.15, 0.2) is 0 Å². The number of hydrogen-bond donors (Lipinski definition) is 1. The van der Waals surface area contributed by atoms with E-state index in [1.807, 2.05) is 0 Å². The molecule has 0 bridgehead atoms. The fourth-order valence-electron chi connectivity index (χ4n) is 2.21. The van der Waals surface area contributed by atoms with E-state index in [-0.39, 0.29) is 0 Å². The van der Waals surface area contributed by atoms with E-state index in [2.05, 4.69) is 56.0 Å². The van der Waals surface area contributed by atoms with Crippen LogP contribution in [-0.2, 0) is 6.54 Å². The van der Waals surface area contributed by atoms with Crippen molar-refractivity contribution in [3.8, 4) is 0 Å². The smallest absolute Gasteiger partial charge is 0.0335 e. The second-order valence-electron chi connectivity index (χ2n) is 5.66. The van der Waals surface area contributed by atoms with Crippen molar-refractivity contribution in [2.24, 2.45) is 5.92 Å². The highest BCUT2D eigenvalue weighted by Crippen LogP contribution is 2.19. The van der Waals surface area contributed by atoms with Crippen molar-refractivity contribution in [2.45, 2.75) is 66.0 Å². The van der Waals surface area contributed by atoms with Crippen LogP contribution in [0.5, 0.6) is 0 Å². The van der Waals surface area contributed by atoms with Crippen LogP contribution in [0.3, 0.4) is 0 Å². The number of aryl methyl sites for hydroxylation is 1. The molecule has 104 valence electrons. The Morgan fingerprint density at radius 1 is 1.17 bits per heavy atom. The van der Waals surface area contributed by atoms with Crippen molar-refractivity contribution in [3.63, 3.8) is 0 Å². The van der Waals surface area contributed by atoms with Crippen molar-refractivity contribution >= 4 is 0 Å². The molecule has 0 saturated heterocycles. The molecule has 1 unspecified atom stereocenters. The summed E-state index contributed by atoms with van der Waals surface area (Å²) in [6.07, 6.45) is 9.48. The van der Waals surface area contributed by atoms with Crippen LogP contribution in [0.4, 0.5) is 0 Å². The SMILES string of the molecule is CCCNC(CCC)c1ccn(CCC(C)C)c1. The molecule has 1 atom stereocenters. The predicted molar refractivity (Wildman–Crippen MR) is 79.8 cm³/mol. The monoisotopic (exact) mass is 250 g/mol. The van der Waals surface area contributed by atoms with Crippen LogP contribution in [0.1, 0.15) is 65.0 Å². The highest BCUT2D eigenvalue weighted by Gasteiger charge is 2.10. The van der Waals surface area contributed by atoms with Gasteiger partial charge in [0.05, 0.1) is 0 Å². The molecule has 0 aromatic carbocycles. The number of nitrogens with one attached hydrogen (secondary N) is 1. The van der Waals surface area contributed by atoms with Gasteiger partial charge in [-0.05, 0) is 43.4 Å². The van der Waals surface area contributed by atoms with Crippen LogP contribution >= 0.6 is 0 Å². The molecule has 18 heavy (non-hydrogen) atoms. The van der Waals surface area contributed by atoms with E-state index in [0.29, 0.717) is 6.04 Å². The normalized spacial score (nSPS) is 13.2. The molecule has 0 aliphatic carbocycles. The molecule has 1 aromatic heterocycles. The van der Waals surface area contributed by atoms with E-state index in [4.69, 9.17) is 0 Å². The molecule has 2 heteroatoms. The molecule has 1 heterocycles. The minimum absolute atomic E-state index is 0.537. The fraction of sp³-hybridized carbons (Fsp3) is 0.750. The molecule has 1 aromatic rings. The van der Waals surface area contributed by atoms with Gasteiger partial charge in [0.25, 0.3) is 0 Å². The Hall–Kier alpha value is -0.760. The Bertz CT molecular complexity index is 315. The summed E-state index contributed by atoms with van der Waals surface area (Å²) in [5, 5.41) is 3.65. The van der Waals surface area contributed by atoms with Gasteiger partial charge in [-0.25, -0.2) is 0 Å². The van der Waals surface area contributed by atoms with E-state index < -0.39 is 0 Å². The first-order valence-corrected chi connectivity index (χ1v) is 7.56. The Labute approximate surface area is 113 Å². The van der Waals surface area contributed by atoms with Gasteiger partial charge in [-0.1, -0.05) is 34.1 Å². The van der Waals surface area contributed by atoms with Crippen molar-refractivity contribution in [2.75, 3.05) is 6.54 Å². The maximum absolute atomic E-state index is 3.65. The van der Waals surface area contributed by atoms with E-state index >= 15 is 0 Å². The van der Waals surface area contributed by atoms with Gasteiger partial charge in [-0.2, -0.15) is 0 Å². The van der Waals surface area contributed by atoms with Crippen molar-refractivity contribution in [1.29, 1.82) is 0 Å². The molecule has 0 amide bonds. The summed E-state index contributed by atoms with van der Waals surface area (Å²) in [6, 6.07) is 2.82. The molecule has 0 spiro atoms. The minimum Gasteiger partial charge on any atom is -0.354 e. The van der Waals surface area contributed by atoms with E-state index in [9.17, 15) is 0 Å². The summed E-state index contributed by atoms with van der Waals surface area (Å²) in [6.45, 7) is 11.3. The summed E-state index contributed by atoms with van der Waals surface area (Å²) < 4.78 is 2.34. The lowest BCUT2D eigenvalue weighted by Crippen LogP contribution is -2.21. The molecule has 0 aliphatic rings. The van der Waals surface area contributed by atoms with Crippen LogP contribution in [0, 0.1) is 5.92 Å². The molecule has 2 nitrogen and oxygen atoms in total. The second-order valence-corrected chi connectivity index (χ2v) is 5.66. The molecule has 0 aliphatic heterocycles. The Balaban J connectivity index is 2.56. The minimum atomic E-state index is 0.537.